The zero-order chi connectivity index (χ0) is 18.7. The molecule has 1 fully saturated rings. The number of aryl methyl sites for hydroxylation is 1. The number of hydrogen-bond acceptors (Lipinski definition) is 3. The summed E-state index contributed by atoms with van der Waals surface area (Å²) in [6.45, 7) is 5.20. The minimum atomic E-state index is -1.08. The van der Waals surface area contributed by atoms with Crippen LogP contribution in [0.2, 0.25) is 0 Å². The van der Waals surface area contributed by atoms with E-state index < -0.39 is 16.9 Å². The van der Waals surface area contributed by atoms with Gasteiger partial charge in [-0.1, -0.05) is 42.8 Å². The summed E-state index contributed by atoms with van der Waals surface area (Å²) in [5.41, 5.74) is 8.97. The third-order valence-electron chi connectivity index (χ3n) is 6.68. The molecule has 1 unspecified atom stereocenters. The monoisotopic (exact) mass is 350 g/mol. The predicted octanol–water partition coefficient (Wildman–Crippen LogP) is 2.50. The number of carbonyl (C=O) groups is 1. The largest absolute Gasteiger partial charge is 0.383 e. The van der Waals surface area contributed by atoms with Gasteiger partial charge in [0, 0.05) is 17.0 Å². The Morgan fingerprint density at radius 1 is 1.27 bits per heavy atom. The number of aliphatic hydroxyl groups is 1. The van der Waals surface area contributed by atoms with Gasteiger partial charge < -0.3 is 10.8 Å². The first-order valence-electron chi connectivity index (χ1n) is 9.20. The van der Waals surface area contributed by atoms with E-state index in [-0.39, 0.29) is 6.04 Å². The lowest BCUT2D eigenvalue weighted by Crippen LogP contribution is -2.67. The molecule has 1 aliphatic heterocycles. The lowest BCUT2D eigenvalue weighted by atomic mass is 9.53. The topological polar surface area (TPSA) is 66.6 Å². The highest BCUT2D eigenvalue weighted by Crippen LogP contribution is 2.55. The van der Waals surface area contributed by atoms with Crippen LogP contribution in [0.5, 0.6) is 0 Å². The molecule has 4 heteroatoms. The molecule has 2 aliphatic rings. The van der Waals surface area contributed by atoms with Gasteiger partial charge in [0.25, 0.3) is 0 Å². The highest BCUT2D eigenvalue weighted by molar-refractivity contribution is 5.93. The van der Waals surface area contributed by atoms with Crippen molar-refractivity contribution in [1.82, 2.24) is 4.90 Å². The van der Waals surface area contributed by atoms with E-state index in [1.807, 2.05) is 12.1 Å². The average molecular weight is 350 g/mol. The van der Waals surface area contributed by atoms with Crippen LogP contribution in [0.25, 0.3) is 0 Å². The zero-order valence-electron chi connectivity index (χ0n) is 15.6. The van der Waals surface area contributed by atoms with Crippen LogP contribution < -0.4 is 5.73 Å². The smallest absolute Gasteiger partial charge is 0.248 e. The third kappa shape index (κ3) is 2.19. The standard InChI is InChI=1S/C22H26N2O2/c1-14-7-8-15-13-19-22(26,17-6-4-5-16(12-17)20(23)25)21(2,18(15)11-14)9-10-24(19)3/h4-8,11-12,19,26H,9-10,13H2,1-3H3,(H2,23,25)/t19-,21-,22?/m1/s1. The van der Waals surface area contributed by atoms with Gasteiger partial charge in [-0.15, -0.1) is 0 Å². The Bertz CT molecular complexity index is 893. The molecule has 1 aliphatic carbocycles. The van der Waals surface area contributed by atoms with E-state index in [1.54, 1.807) is 12.1 Å². The molecule has 0 aromatic heterocycles. The number of likely N-dealkylation sites (tertiary alicyclic amines) is 1. The minimum absolute atomic E-state index is 0.0421. The SMILES string of the molecule is Cc1ccc2c(c1)[C@@]1(C)CCN(C)[C@H](C2)C1(O)c1cccc(C(N)=O)c1. The number of benzene rings is 2. The van der Waals surface area contributed by atoms with Gasteiger partial charge in [-0.25, -0.2) is 0 Å². The van der Waals surface area contributed by atoms with Crippen LogP contribution in [0, 0.1) is 6.92 Å². The van der Waals surface area contributed by atoms with Crippen molar-refractivity contribution in [3.05, 3.63) is 70.3 Å². The van der Waals surface area contributed by atoms with E-state index >= 15 is 0 Å². The molecule has 0 radical (unpaired) electrons. The van der Waals surface area contributed by atoms with Crippen LogP contribution in [0.3, 0.4) is 0 Å². The highest BCUT2D eigenvalue weighted by atomic mass is 16.3. The van der Waals surface area contributed by atoms with Crippen molar-refractivity contribution >= 4 is 5.91 Å². The maximum absolute atomic E-state index is 12.2. The molecular weight excluding hydrogens is 324 g/mol. The molecular formula is C22H26N2O2. The molecule has 1 amide bonds. The summed E-state index contributed by atoms with van der Waals surface area (Å²) in [7, 11) is 2.08. The maximum atomic E-state index is 12.2. The van der Waals surface area contributed by atoms with Gasteiger partial charge in [0.2, 0.25) is 5.91 Å². The Hall–Kier alpha value is -2.17. The molecule has 1 saturated heterocycles. The summed E-state index contributed by atoms with van der Waals surface area (Å²) in [6, 6.07) is 13.8. The van der Waals surface area contributed by atoms with Crippen LogP contribution >= 0.6 is 0 Å². The van der Waals surface area contributed by atoms with Crippen molar-refractivity contribution in [2.75, 3.05) is 13.6 Å². The van der Waals surface area contributed by atoms with E-state index in [2.05, 4.69) is 44.0 Å². The molecule has 1 heterocycles. The molecule has 4 rings (SSSR count). The van der Waals surface area contributed by atoms with Crippen molar-refractivity contribution in [1.29, 1.82) is 0 Å². The zero-order valence-corrected chi connectivity index (χ0v) is 15.6. The Morgan fingerprint density at radius 2 is 2.04 bits per heavy atom. The number of hydrogen-bond donors (Lipinski definition) is 2. The van der Waals surface area contributed by atoms with Gasteiger partial charge in [-0.05, 0) is 62.2 Å². The van der Waals surface area contributed by atoms with E-state index in [4.69, 9.17) is 5.73 Å². The number of rotatable bonds is 2. The number of fused-ring (bicyclic) bond motifs is 4. The first-order valence-corrected chi connectivity index (χ1v) is 9.20. The number of piperidine rings is 1. The number of nitrogens with two attached hydrogens (primary N) is 1. The Morgan fingerprint density at radius 3 is 2.77 bits per heavy atom. The normalized spacial score (nSPS) is 30.7. The van der Waals surface area contributed by atoms with Gasteiger partial charge >= 0.3 is 0 Å². The van der Waals surface area contributed by atoms with E-state index in [0.29, 0.717) is 5.56 Å². The maximum Gasteiger partial charge on any atom is 0.248 e. The Labute approximate surface area is 154 Å². The second kappa shape index (κ2) is 5.66. The van der Waals surface area contributed by atoms with E-state index in [9.17, 15) is 9.90 Å². The van der Waals surface area contributed by atoms with Crippen molar-refractivity contribution in [3.63, 3.8) is 0 Å². The number of primary amides is 1. The van der Waals surface area contributed by atoms with Crippen molar-refractivity contribution in [2.45, 2.75) is 43.7 Å². The van der Waals surface area contributed by atoms with Gasteiger partial charge in [-0.2, -0.15) is 0 Å². The van der Waals surface area contributed by atoms with Gasteiger partial charge in [-0.3, -0.25) is 9.69 Å². The number of carbonyl (C=O) groups excluding carboxylic acids is 1. The van der Waals surface area contributed by atoms with Gasteiger partial charge in [0.1, 0.15) is 5.60 Å². The average Bonchev–Trinajstić information content (AvgIpc) is 2.62. The van der Waals surface area contributed by atoms with E-state index in [1.165, 1.54) is 16.7 Å². The van der Waals surface area contributed by atoms with Crippen LogP contribution in [-0.2, 0) is 17.4 Å². The fraction of sp³-hybridized carbons (Fsp3) is 0.409. The van der Waals surface area contributed by atoms with Gasteiger partial charge in [0.15, 0.2) is 0 Å². The molecule has 0 spiro atoms. The summed E-state index contributed by atoms with van der Waals surface area (Å²) in [5, 5.41) is 12.2. The van der Waals surface area contributed by atoms with Crippen molar-refractivity contribution in [2.24, 2.45) is 5.73 Å². The fourth-order valence-corrected chi connectivity index (χ4v) is 5.09. The van der Waals surface area contributed by atoms with Crippen LogP contribution in [0.15, 0.2) is 42.5 Å². The summed E-state index contributed by atoms with van der Waals surface area (Å²) < 4.78 is 0. The second-order valence-corrected chi connectivity index (χ2v) is 8.15. The van der Waals surface area contributed by atoms with Crippen molar-refractivity contribution < 1.29 is 9.90 Å². The quantitative estimate of drug-likeness (QED) is 0.874. The first kappa shape index (κ1) is 17.3. The Balaban J connectivity index is 1.97. The summed E-state index contributed by atoms with van der Waals surface area (Å²) in [5.74, 6) is -0.467. The summed E-state index contributed by atoms with van der Waals surface area (Å²) in [6.07, 6.45) is 1.65. The first-order chi connectivity index (χ1) is 12.3. The highest BCUT2D eigenvalue weighted by Gasteiger charge is 2.60. The van der Waals surface area contributed by atoms with Crippen LogP contribution in [-0.4, -0.2) is 35.5 Å². The molecule has 3 atom stereocenters. The van der Waals surface area contributed by atoms with E-state index in [0.717, 1.165) is 24.9 Å². The second-order valence-electron chi connectivity index (χ2n) is 8.15. The molecule has 26 heavy (non-hydrogen) atoms. The van der Waals surface area contributed by atoms with Gasteiger partial charge in [0.05, 0.1) is 0 Å². The molecule has 2 bridgehead atoms. The lowest BCUT2D eigenvalue weighted by molar-refractivity contribution is -0.141. The number of nitrogens with zero attached hydrogens (tertiary/aromatic N) is 1. The summed E-state index contributed by atoms with van der Waals surface area (Å²) in [4.78, 5) is 14.0. The Kier molecular flexibility index (Phi) is 3.76. The number of likely N-dealkylation sites (N-methyl/N-ethyl adjacent to an activating group) is 1. The van der Waals surface area contributed by atoms with Crippen LogP contribution in [0.1, 0.15) is 46.0 Å². The predicted molar refractivity (Wildman–Crippen MR) is 102 cm³/mol. The molecule has 2 aromatic rings. The summed E-state index contributed by atoms with van der Waals surface area (Å²) >= 11 is 0. The fourth-order valence-electron chi connectivity index (χ4n) is 5.09. The van der Waals surface area contributed by atoms with Crippen LogP contribution in [0.4, 0.5) is 0 Å². The molecule has 136 valence electrons. The molecule has 4 nitrogen and oxygen atoms in total. The van der Waals surface area contributed by atoms with Crippen molar-refractivity contribution in [3.8, 4) is 0 Å². The molecule has 2 aromatic carbocycles. The lowest BCUT2D eigenvalue weighted by Gasteiger charge is -2.60. The third-order valence-corrected chi connectivity index (χ3v) is 6.68. The minimum Gasteiger partial charge on any atom is -0.383 e. The molecule has 0 saturated carbocycles. The molecule has 3 N–H and O–H groups in total. The number of amides is 1.